The molecule has 0 fully saturated rings. The molecule has 3 aromatic rings. The lowest BCUT2D eigenvalue weighted by atomic mass is 10.0. The Labute approximate surface area is 141 Å². The third-order valence-electron chi connectivity index (χ3n) is 4.51. The van der Waals surface area contributed by atoms with Crippen molar-refractivity contribution in [2.24, 2.45) is 0 Å². The van der Waals surface area contributed by atoms with E-state index in [-0.39, 0.29) is 30.9 Å². The van der Waals surface area contributed by atoms with Crippen molar-refractivity contribution < 1.29 is 18.0 Å². The van der Waals surface area contributed by atoms with E-state index in [4.69, 9.17) is 0 Å². The highest BCUT2D eigenvalue weighted by molar-refractivity contribution is 5.99. The third-order valence-corrected chi connectivity index (χ3v) is 4.51. The lowest BCUT2D eigenvalue weighted by Crippen LogP contribution is -2.30. The number of aromatic nitrogens is 2. The number of H-pyrrole nitrogens is 1. The van der Waals surface area contributed by atoms with Crippen LogP contribution >= 0.6 is 0 Å². The Hall–Kier alpha value is -2.83. The molecule has 1 amide bonds. The molecule has 128 valence electrons. The highest BCUT2D eigenvalue weighted by atomic mass is 19.4. The fourth-order valence-corrected chi connectivity index (χ4v) is 3.38. The Bertz CT molecular complexity index is 962. The van der Waals surface area contributed by atoms with Crippen LogP contribution in [0, 0.1) is 0 Å². The average Bonchev–Trinajstić information content (AvgIpc) is 3.18. The topological polar surface area (TPSA) is 49.0 Å². The van der Waals surface area contributed by atoms with Gasteiger partial charge < -0.3 is 9.88 Å². The van der Waals surface area contributed by atoms with Crippen LogP contribution in [0.3, 0.4) is 0 Å². The number of nitrogens with zero attached hydrogens (tertiary/aromatic N) is 2. The Kier molecular flexibility index (Phi) is 3.52. The number of halogens is 3. The maximum absolute atomic E-state index is 13.1. The second kappa shape index (κ2) is 5.61. The molecule has 25 heavy (non-hydrogen) atoms. The first-order valence-corrected chi connectivity index (χ1v) is 7.85. The van der Waals surface area contributed by atoms with Crippen LogP contribution in [0.4, 0.5) is 18.9 Å². The minimum atomic E-state index is -4.41. The van der Waals surface area contributed by atoms with Gasteiger partial charge in [0.15, 0.2) is 0 Å². The van der Waals surface area contributed by atoms with Crippen LogP contribution < -0.4 is 4.90 Å². The van der Waals surface area contributed by atoms with Gasteiger partial charge in [-0.25, -0.2) is 4.98 Å². The molecule has 7 heteroatoms. The summed E-state index contributed by atoms with van der Waals surface area (Å²) in [4.78, 5) is 21.3. The predicted molar refractivity (Wildman–Crippen MR) is 87.3 cm³/mol. The molecule has 4 rings (SSSR count). The SMILES string of the molecule is O=C(Cc1c[nH]c2ncccc12)N1CCc2c1cccc2C(F)(F)F. The molecule has 0 aliphatic carbocycles. The van der Waals surface area contributed by atoms with Crippen LogP contribution in [-0.4, -0.2) is 22.4 Å². The van der Waals surface area contributed by atoms with Gasteiger partial charge >= 0.3 is 6.18 Å². The summed E-state index contributed by atoms with van der Waals surface area (Å²) >= 11 is 0. The van der Waals surface area contributed by atoms with Gasteiger partial charge in [-0.05, 0) is 41.8 Å². The van der Waals surface area contributed by atoms with Crippen LogP contribution in [0.5, 0.6) is 0 Å². The quantitative estimate of drug-likeness (QED) is 0.770. The zero-order valence-electron chi connectivity index (χ0n) is 13.1. The molecule has 1 N–H and O–H groups in total. The number of hydrogen-bond acceptors (Lipinski definition) is 2. The number of hydrogen-bond donors (Lipinski definition) is 1. The number of anilines is 1. The maximum Gasteiger partial charge on any atom is 0.416 e. The molecule has 0 radical (unpaired) electrons. The Balaban J connectivity index is 1.64. The van der Waals surface area contributed by atoms with Gasteiger partial charge in [-0.15, -0.1) is 0 Å². The molecule has 0 saturated carbocycles. The first-order chi connectivity index (χ1) is 11.9. The number of carbonyl (C=O) groups is 1. The monoisotopic (exact) mass is 345 g/mol. The van der Waals surface area contributed by atoms with Crippen molar-refractivity contribution >= 4 is 22.6 Å². The largest absolute Gasteiger partial charge is 0.416 e. The second-order valence-electron chi connectivity index (χ2n) is 5.99. The van der Waals surface area contributed by atoms with Crippen molar-refractivity contribution in [3.05, 3.63) is 59.4 Å². The van der Waals surface area contributed by atoms with E-state index < -0.39 is 11.7 Å². The molecule has 1 aliphatic heterocycles. The van der Waals surface area contributed by atoms with E-state index >= 15 is 0 Å². The van der Waals surface area contributed by atoms with Gasteiger partial charge in [0, 0.05) is 30.0 Å². The fraction of sp³-hybridized carbons (Fsp3) is 0.222. The maximum atomic E-state index is 13.1. The molecule has 0 spiro atoms. The highest BCUT2D eigenvalue weighted by Gasteiger charge is 2.37. The van der Waals surface area contributed by atoms with Gasteiger partial charge in [-0.3, -0.25) is 4.79 Å². The predicted octanol–water partition coefficient (Wildman–Crippen LogP) is 3.71. The number of pyridine rings is 1. The van der Waals surface area contributed by atoms with E-state index in [1.807, 2.05) is 6.07 Å². The van der Waals surface area contributed by atoms with E-state index in [2.05, 4.69) is 9.97 Å². The molecule has 0 atom stereocenters. The molecule has 0 unspecified atom stereocenters. The van der Waals surface area contributed by atoms with Gasteiger partial charge in [0.1, 0.15) is 5.65 Å². The first-order valence-electron chi connectivity index (χ1n) is 7.85. The number of fused-ring (bicyclic) bond motifs is 2. The Morgan fingerprint density at radius 3 is 2.88 bits per heavy atom. The standard InChI is InChI=1S/C18H14F3N3O/c19-18(20,21)14-4-1-5-15-13(14)6-8-24(15)16(25)9-11-10-23-17-12(11)3-2-7-22-17/h1-5,7,10H,6,8-9H2,(H,22,23). The summed E-state index contributed by atoms with van der Waals surface area (Å²) < 4.78 is 39.4. The number of benzene rings is 1. The van der Waals surface area contributed by atoms with Gasteiger partial charge in [0.2, 0.25) is 5.91 Å². The first kappa shape index (κ1) is 15.7. The zero-order valence-corrected chi connectivity index (χ0v) is 13.1. The van der Waals surface area contributed by atoms with Crippen molar-refractivity contribution in [2.75, 3.05) is 11.4 Å². The molecule has 0 saturated heterocycles. The summed E-state index contributed by atoms with van der Waals surface area (Å²) in [5.41, 5.74) is 1.37. The van der Waals surface area contributed by atoms with Gasteiger partial charge in [0.05, 0.1) is 12.0 Å². The van der Waals surface area contributed by atoms with E-state index in [1.165, 1.54) is 11.0 Å². The van der Waals surface area contributed by atoms with Gasteiger partial charge in [0.25, 0.3) is 0 Å². The van der Waals surface area contributed by atoms with E-state index in [1.54, 1.807) is 24.5 Å². The Morgan fingerprint density at radius 2 is 2.08 bits per heavy atom. The summed E-state index contributed by atoms with van der Waals surface area (Å²) in [5.74, 6) is -0.220. The third kappa shape index (κ3) is 2.65. The van der Waals surface area contributed by atoms with Crippen LogP contribution in [-0.2, 0) is 23.8 Å². The molecular weight excluding hydrogens is 331 g/mol. The summed E-state index contributed by atoms with van der Waals surface area (Å²) in [6.07, 6.45) is -0.709. The molecule has 1 aromatic carbocycles. The minimum Gasteiger partial charge on any atom is -0.346 e. The van der Waals surface area contributed by atoms with Crippen LogP contribution in [0.25, 0.3) is 11.0 Å². The summed E-state index contributed by atoms with van der Waals surface area (Å²) in [6, 6.07) is 7.64. The average molecular weight is 345 g/mol. The lowest BCUT2D eigenvalue weighted by Gasteiger charge is -2.18. The number of alkyl halides is 3. The smallest absolute Gasteiger partial charge is 0.346 e. The minimum absolute atomic E-state index is 0.112. The van der Waals surface area contributed by atoms with Crippen LogP contribution in [0.1, 0.15) is 16.7 Å². The number of carbonyl (C=O) groups excluding carboxylic acids is 1. The fourth-order valence-electron chi connectivity index (χ4n) is 3.38. The number of aromatic amines is 1. The number of nitrogens with one attached hydrogen (secondary N) is 1. The molecule has 3 heterocycles. The van der Waals surface area contributed by atoms with Crippen molar-refractivity contribution in [1.82, 2.24) is 9.97 Å². The zero-order chi connectivity index (χ0) is 17.6. The lowest BCUT2D eigenvalue weighted by molar-refractivity contribution is -0.138. The van der Waals surface area contributed by atoms with Crippen LogP contribution in [0.2, 0.25) is 0 Å². The molecule has 0 bridgehead atoms. The number of amides is 1. The molecular formula is C18H14F3N3O. The Morgan fingerprint density at radius 1 is 1.24 bits per heavy atom. The molecule has 1 aliphatic rings. The van der Waals surface area contributed by atoms with Crippen molar-refractivity contribution in [3.8, 4) is 0 Å². The van der Waals surface area contributed by atoms with Gasteiger partial charge in [-0.2, -0.15) is 13.2 Å². The van der Waals surface area contributed by atoms with E-state index in [0.717, 1.165) is 17.0 Å². The molecule has 2 aromatic heterocycles. The summed E-state index contributed by atoms with van der Waals surface area (Å²) in [5, 5.41) is 0.847. The van der Waals surface area contributed by atoms with Crippen molar-refractivity contribution in [3.63, 3.8) is 0 Å². The molecule has 4 nitrogen and oxygen atoms in total. The van der Waals surface area contributed by atoms with E-state index in [0.29, 0.717) is 11.3 Å². The van der Waals surface area contributed by atoms with Crippen molar-refractivity contribution in [1.29, 1.82) is 0 Å². The van der Waals surface area contributed by atoms with Crippen LogP contribution in [0.15, 0.2) is 42.7 Å². The normalized spacial score (nSPS) is 14.1. The highest BCUT2D eigenvalue weighted by Crippen LogP contribution is 2.39. The van der Waals surface area contributed by atoms with E-state index in [9.17, 15) is 18.0 Å². The number of rotatable bonds is 2. The summed E-state index contributed by atoms with van der Waals surface area (Å²) in [6.45, 7) is 0.266. The summed E-state index contributed by atoms with van der Waals surface area (Å²) in [7, 11) is 0. The second-order valence-corrected chi connectivity index (χ2v) is 5.99. The van der Waals surface area contributed by atoms with Gasteiger partial charge in [-0.1, -0.05) is 6.07 Å². The van der Waals surface area contributed by atoms with Crippen molar-refractivity contribution in [2.45, 2.75) is 19.0 Å².